The first-order chi connectivity index (χ1) is 13.9. The molecule has 2 aromatic carbocycles. The minimum Gasteiger partial charge on any atom is -0.507 e. The van der Waals surface area contributed by atoms with Crippen molar-refractivity contribution < 1.29 is 24.2 Å². The quantitative estimate of drug-likeness (QED) is 0.652. The van der Waals surface area contributed by atoms with Gasteiger partial charge in [0.1, 0.15) is 5.75 Å². The van der Waals surface area contributed by atoms with E-state index < -0.39 is 11.8 Å². The Labute approximate surface area is 176 Å². The third-order valence-corrected chi connectivity index (χ3v) is 4.91. The maximum atomic E-state index is 12.8. The maximum Gasteiger partial charge on any atom is 0.269 e. The highest BCUT2D eigenvalue weighted by Gasteiger charge is 2.28. The van der Waals surface area contributed by atoms with E-state index in [0.29, 0.717) is 33.8 Å². The van der Waals surface area contributed by atoms with Crippen LogP contribution in [0.2, 0.25) is 0 Å². The second-order valence-corrected chi connectivity index (χ2v) is 9.40. The molecule has 3 rings (SSSR count). The van der Waals surface area contributed by atoms with Crippen LogP contribution in [0.25, 0.3) is 0 Å². The van der Waals surface area contributed by atoms with Crippen molar-refractivity contribution >= 4 is 11.8 Å². The van der Waals surface area contributed by atoms with Crippen LogP contribution < -0.4 is 20.3 Å². The number of hydrogen-bond donors (Lipinski definition) is 3. The molecular weight excluding hydrogens is 384 g/mol. The lowest BCUT2D eigenvalue weighted by atomic mass is 9.78. The fourth-order valence-corrected chi connectivity index (χ4v) is 3.20. The molecule has 0 bridgehead atoms. The molecule has 7 nitrogen and oxygen atoms in total. The van der Waals surface area contributed by atoms with Gasteiger partial charge in [-0.3, -0.25) is 20.4 Å². The topological polar surface area (TPSA) is 96.9 Å². The Hall–Kier alpha value is -3.22. The van der Waals surface area contributed by atoms with Gasteiger partial charge in [-0.25, -0.2) is 0 Å². The third-order valence-electron chi connectivity index (χ3n) is 4.91. The molecule has 1 heterocycles. The summed E-state index contributed by atoms with van der Waals surface area (Å²) in [4.78, 5) is 25.2. The van der Waals surface area contributed by atoms with E-state index in [1.807, 2.05) is 41.5 Å². The number of amides is 2. The first kappa shape index (κ1) is 21.5. The Kier molecular flexibility index (Phi) is 5.41. The van der Waals surface area contributed by atoms with Crippen LogP contribution in [0.4, 0.5) is 0 Å². The van der Waals surface area contributed by atoms with Crippen LogP contribution in [0.1, 0.15) is 73.4 Å². The second kappa shape index (κ2) is 7.55. The van der Waals surface area contributed by atoms with Crippen molar-refractivity contribution in [3.8, 4) is 17.2 Å². The number of phenols is 1. The minimum absolute atomic E-state index is 0.115. The molecule has 0 spiro atoms. The summed E-state index contributed by atoms with van der Waals surface area (Å²) >= 11 is 0. The van der Waals surface area contributed by atoms with Gasteiger partial charge in [0.05, 0.1) is 0 Å². The predicted octanol–water partition coefficient (Wildman–Crippen LogP) is 3.79. The number of carbonyl (C=O) groups excluding carboxylic acids is 2. The van der Waals surface area contributed by atoms with Crippen LogP contribution in [-0.2, 0) is 10.8 Å². The fraction of sp³-hybridized carbons (Fsp3) is 0.391. The van der Waals surface area contributed by atoms with Gasteiger partial charge in [0.15, 0.2) is 11.5 Å². The van der Waals surface area contributed by atoms with E-state index in [2.05, 4.69) is 10.9 Å². The average molecular weight is 412 g/mol. The van der Waals surface area contributed by atoms with E-state index in [9.17, 15) is 14.7 Å². The molecule has 0 saturated carbocycles. The zero-order valence-electron chi connectivity index (χ0n) is 18.2. The normalized spacial score (nSPS) is 13.1. The van der Waals surface area contributed by atoms with Gasteiger partial charge in [-0.05, 0) is 41.2 Å². The lowest BCUT2D eigenvalue weighted by molar-refractivity contribution is 0.0846. The Balaban J connectivity index is 1.82. The second-order valence-electron chi connectivity index (χ2n) is 9.40. The molecule has 1 aliphatic heterocycles. The first-order valence-corrected chi connectivity index (χ1v) is 9.76. The average Bonchev–Trinajstić information content (AvgIpc) is 3.11. The zero-order chi connectivity index (χ0) is 22.3. The van der Waals surface area contributed by atoms with Crippen molar-refractivity contribution in [3.63, 3.8) is 0 Å². The van der Waals surface area contributed by atoms with Crippen LogP contribution in [0.5, 0.6) is 17.2 Å². The van der Waals surface area contributed by atoms with Gasteiger partial charge >= 0.3 is 0 Å². The van der Waals surface area contributed by atoms with E-state index in [1.54, 1.807) is 30.3 Å². The monoisotopic (exact) mass is 412 g/mol. The molecule has 2 aromatic rings. The van der Waals surface area contributed by atoms with E-state index in [1.165, 1.54) is 0 Å². The SMILES string of the molecule is CC(C)(C)c1cc(C(=O)NNC(=O)c2ccc3c(c2)OCO3)cc(C(C)(C)C)c1O. The molecule has 0 atom stereocenters. The van der Waals surface area contributed by atoms with Crippen molar-refractivity contribution in [1.82, 2.24) is 10.9 Å². The summed E-state index contributed by atoms with van der Waals surface area (Å²) in [6.07, 6.45) is 0. The third kappa shape index (κ3) is 4.35. The number of fused-ring (bicyclic) bond motifs is 1. The van der Waals surface area contributed by atoms with Gasteiger partial charge in [0.2, 0.25) is 6.79 Å². The summed E-state index contributed by atoms with van der Waals surface area (Å²) in [5.41, 5.74) is 6.16. The number of nitrogens with one attached hydrogen (secondary N) is 2. The van der Waals surface area contributed by atoms with Crippen molar-refractivity contribution in [2.75, 3.05) is 6.79 Å². The van der Waals surface area contributed by atoms with Crippen molar-refractivity contribution in [3.05, 3.63) is 52.6 Å². The van der Waals surface area contributed by atoms with Gasteiger partial charge in [-0.2, -0.15) is 0 Å². The Bertz CT molecular complexity index is 965. The smallest absolute Gasteiger partial charge is 0.269 e. The van der Waals surface area contributed by atoms with E-state index in [0.717, 1.165) is 0 Å². The lowest BCUT2D eigenvalue weighted by Gasteiger charge is -2.28. The van der Waals surface area contributed by atoms with Crippen molar-refractivity contribution in [2.24, 2.45) is 0 Å². The molecule has 0 aromatic heterocycles. The Morgan fingerprint density at radius 3 is 1.83 bits per heavy atom. The molecule has 160 valence electrons. The molecule has 1 aliphatic rings. The summed E-state index contributed by atoms with van der Waals surface area (Å²) in [6.45, 7) is 11.9. The van der Waals surface area contributed by atoms with Crippen molar-refractivity contribution in [1.29, 1.82) is 0 Å². The summed E-state index contributed by atoms with van der Waals surface area (Å²) in [5.74, 6) is 0.296. The molecule has 30 heavy (non-hydrogen) atoms. The zero-order valence-corrected chi connectivity index (χ0v) is 18.2. The number of aromatic hydroxyl groups is 1. The van der Waals surface area contributed by atoms with Crippen LogP contribution in [0.15, 0.2) is 30.3 Å². The number of carbonyl (C=O) groups is 2. The Morgan fingerprint density at radius 2 is 1.30 bits per heavy atom. The van der Waals surface area contributed by atoms with E-state index in [-0.39, 0.29) is 23.4 Å². The summed E-state index contributed by atoms with van der Waals surface area (Å²) in [6, 6.07) is 8.11. The molecule has 0 fully saturated rings. The maximum absolute atomic E-state index is 12.8. The number of phenolic OH excluding ortho intramolecular Hbond substituents is 1. The predicted molar refractivity (Wildman–Crippen MR) is 113 cm³/mol. The number of hydrogen-bond acceptors (Lipinski definition) is 5. The fourth-order valence-electron chi connectivity index (χ4n) is 3.20. The van der Waals surface area contributed by atoms with Gasteiger partial charge in [-0.1, -0.05) is 41.5 Å². The number of benzene rings is 2. The molecule has 3 N–H and O–H groups in total. The van der Waals surface area contributed by atoms with Gasteiger partial charge < -0.3 is 14.6 Å². The summed E-state index contributed by atoms with van der Waals surface area (Å²) in [5, 5.41) is 10.8. The van der Waals surface area contributed by atoms with Gasteiger partial charge in [0, 0.05) is 22.3 Å². The molecule has 0 unspecified atom stereocenters. The minimum atomic E-state index is -0.479. The molecule has 0 radical (unpaired) electrons. The van der Waals surface area contributed by atoms with E-state index in [4.69, 9.17) is 9.47 Å². The standard InChI is InChI=1S/C23H28N2O5/c1-22(2,3)15-9-14(10-16(19(15)26)23(4,5)6)21(28)25-24-20(27)13-7-8-17-18(11-13)30-12-29-17/h7-11,26H,12H2,1-6H3,(H,24,27)(H,25,28). The largest absolute Gasteiger partial charge is 0.507 e. The van der Waals surface area contributed by atoms with Crippen LogP contribution >= 0.6 is 0 Å². The van der Waals surface area contributed by atoms with Crippen LogP contribution in [0, 0.1) is 0 Å². The van der Waals surface area contributed by atoms with Crippen molar-refractivity contribution in [2.45, 2.75) is 52.4 Å². The van der Waals surface area contributed by atoms with Crippen LogP contribution in [0.3, 0.4) is 0 Å². The molecule has 7 heteroatoms. The Morgan fingerprint density at radius 1 is 0.800 bits per heavy atom. The highest BCUT2D eigenvalue weighted by molar-refractivity contribution is 5.99. The first-order valence-electron chi connectivity index (χ1n) is 9.76. The van der Waals surface area contributed by atoms with Crippen LogP contribution in [-0.4, -0.2) is 23.7 Å². The number of rotatable bonds is 2. The van der Waals surface area contributed by atoms with E-state index >= 15 is 0 Å². The summed E-state index contributed by atoms with van der Waals surface area (Å²) in [7, 11) is 0. The molecule has 0 saturated heterocycles. The number of ether oxygens (including phenoxy) is 2. The number of hydrazine groups is 1. The highest BCUT2D eigenvalue weighted by Crippen LogP contribution is 2.39. The molecule has 2 amide bonds. The van der Waals surface area contributed by atoms with Gasteiger partial charge in [-0.15, -0.1) is 0 Å². The molecule has 0 aliphatic carbocycles. The highest BCUT2D eigenvalue weighted by atomic mass is 16.7. The lowest BCUT2D eigenvalue weighted by Crippen LogP contribution is -2.41. The van der Waals surface area contributed by atoms with Gasteiger partial charge in [0.25, 0.3) is 11.8 Å². The summed E-state index contributed by atoms with van der Waals surface area (Å²) < 4.78 is 10.5. The molecular formula is C23H28N2O5.